The number of nitrogens with one attached hydrogen (secondary N) is 2. The summed E-state index contributed by atoms with van der Waals surface area (Å²) in [6, 6.07) is 15.4. The predicted molar refractivity (Wildman–Crippen MR) is 99.7 cm³/mol. The number of carbonyl (C=O) groups excluding carboxylic acids is 2. The van der Waals surface area contributed by atoms with E-state index in [-0.39, 0.29) is 17.7 Å². The molecule has 1 aliphatic rings. The van der Waals surface area contributed by atoms with Gasteiger partial charge in [0, 0.05) is 29.6 Å². The number of hydrogen-bond donors (Lipinski definition) is 2. The molecule has 2 N–H and O–H groups in total. The van der Waals surface area contributed by atoms with Gasteiger partial charge in [0.25, 0.3) is 0 Å². The van der Waals surface area contributed by atoms with Crippen molar-refractivity contribution >= 4 is 29.1 Å². The van der Waals surface area contributed by atoms with E-state index in [1.54, 1.807) is 0 Å². The SMILES string of the molecule is O=C(CCC1Cc2ccccc2NC1=O)NCCc1cccc(Cl)c1. The largest absolute Gasteiger partial charge is 0.356 e. The van der Waals surface area contributed by atoms with Crippen LogP contribution in [0, 0.1) is 5.92 Å². The zero-order valence-electron chi connectivity index (χ0n) is 13.9. The molecule has 0 radical (unpaired) electrons. The van der Waals surface area contributed by atoms with E-state index >= 15 is 0 Å². The minimum atomic E-state index is -0.145. The number of carbonyl (C=O) groups is 2. The summed E-state index contributed by atoms with van der Waals surface area (Å²) in [6.45, 7) is 0.568. The highest BCUT2D eigenvalue weighted by Crippen LogP contribution is 2.27. The Balaban J connectivity index is 1.42. The monoisotopic (exact) mass is 356 g/mol. The van der Waals surface area contributed by atoms with E-state index in [4.69, 9.17) is 11.6 Å². The van der Waals surface area contributed by atoms with Gasteiger partial charge in [-0.25, -0.2) is 0 Å². The van der Waals surface area contributed by atoms with Crippen molar-refractivity contribution in [3.8, 4) is 0 Å². The van der Waals surface area contributed by atoms with Crippen LogP contribution in [0.5, 0.6) is 0 Å². The second kappa shape index (κ2) is 8.17. The van der Waals surface area contributed by atoms with Crippen LogP contribution in [-0.4, -0.2) is 18.4 Å². The van der Waals surface area contributed by atoms with Crippen molar-refractivity contribution in [3.05, 3.63) is 64.7 Å². The van der Waals surface area contributed by atoms with Crippen LogP contribution in [0.2, 0.25) is 5.02 Å². The van der Waals surface area contributed by atoms with Crippen LogP contribution >= 0.6 is 11.6 Å². The molecular formula is C20H21ClN2O2. The number of anilines is 1. The quantitative estimate of drug-likeness (QED) is 0.831. The van der Waals surface area contributed by atoms with Gasteiger partial charge < -0.3 is 10.6 Å². The molecule has 0 spiro atoms. The summed E-state index contributed by atoms with van der Waals surface area (Å²) in [5.74, 6) is -0.160. The minimum absolute atomic E-state index is 0.00503. The van der Waals surface area contributed by atoms with Crippen molar-refractivity contribution in [1.82, 2.24) is 5.32 Å². The highest BCUT2D eigenvalue weighted by atomic mass is 35.5. The Kier molecular flexibility index (Phi) is 5.71. The van der Waals surface area contributed by atoms with E-state index < -0.39 is 0 Å². The predicted octanol–water partition coefficient (Wildman–Crippen LogP) is 3.59. The molecule has 2 aromatic rings. The topological polar surface area (TPSA) is 58.2 Å². The fourth-order valence-corrected chi connectivity index (χ4v) is 3.29. The molecular weight excluding hydrogens is 336 g/mol. The molecule has 2 amide bonds. The average molecular weight is 357 g/mol. The molecule has 1 aliphatic heterocycles. The molecule has 0 aliphatic carbocycles. The van der Waals surface area contributed by atoms with Crippen LogP contribution < -0.4 is 10.6 Å². The maximum Gasteiger partial charge on any atom is 0.227 e. The number of amides is 2. The summed E-state index contributed by atoms with van der Waals surface area (Å²) in [5, 5.41) is 6.53. The van der Waals surface area contributed by atoms with Gasteiger partial charge in [0.05, 0.1) is 0 Å². The van der Waals surface area contributed by atoms with Crippen LogP contribution in [0.25, 0.3) is 0 Å². The molecule has 5 heteroatoms. The van der Waals surface area contributed by atoms with Crippen molar-refractivity contribution in [2.45, 2.75) is 25.7 Å². The highest BCUT2D eigenvalue weighted by molar-refractivity contribution is 6.30. The molecule has 3 rings (SSSR count). The van der Waals surface area contributed by atoms with Crippen LogP contribution in [-0.2, 0) is 22.4 Å². The zero-order chi connectivity index (χ0) is 17.6. The third-order valence-corrected chi connectivity index (χ3v) is 4.69. The Morgan fingerprint density at radius 3 is 2.88 bits per heavy atom. The third-order valence-electron chi connectivity index (χ3n) is 4.46. The molecule has 0 fully saturated rings. The van der Waals surface area contributed by atoms with E-state index in [0.717, 1.165) is 23.2 Å². The molecule has 2 aromatic carbocycles. The lowest BCUT2D eigenvalue weighted by atomic mass is 9.89. The van der Waals surface area contributed by atoms with E-state index in [0.29, 0.717) is 30.8 Å². The number of hydrogen-bond acceptors (Lipinski definition) is 2. The lowest BCUT2D eigenvalue weighted by molar-refractivity contribution is -0.122. The van der Waals surface area contributed by atoms with Gasteiger partial charge >= 0.3 is 0 Å². The Morgan fingerprint density at radius 2 is 2.04 bits per heavy atom. The third kappa shape index (κ3) is 4.83. The Labute approximate surface area is 152 Å². The smallest absolute Gasteiger partial charge is 0.227 e. The number of rotatable bonds is 6. The summed E-state index contributed by atoms with van der Waals surface area (Å²) in [7, 11) is 0. The first-order valence-corrected chi connectivity index (χ1v) is 8.89. The number of fused-ring (bicyclic) bond motifs is 1. The van der Waals surface area contributed by atoms with Crippen LogP contribution in [0.15, 0.2) is 48.5 Å². The fourth-order valence-electron chi connectivity index (χ4n) is 3.08. The van der Waals surface area contributed by atoms with Gasteiger partial charge in [-0.2, -0.15) is 0 Å². The lowest BCUT2D eigenvalue weighted by Gasteiger charge is -2.24. The number of halogens is 1. The molecule has 130 valence electrons. The Bertz CT molecular complexity index is 776. The van der Waals surface area contributed by atoms with Gasteiger partial charge in [-0.1, -0.05) is 41.9 Å². The van der Waals surface area contributed by atoms with E-state index in [1.165, 1.54) is 0 Å². The Hall–Kier alpha value is -2.33. The van der Waals surface area contributed by atoms with Crippen molar-refractivity contribution in [2.24, 2.45) is 5.92 Å². The zero-order valence-corrected chi connectivity index (χ0v) is 14.7. The van der Waals surface area contributed by atoms with Gasteiger partial charge in [0.2, 0.25) is 11.8 Å². The molecule has 1 unspecified atom stereocenters. The first-order chi connectivity index (χ1) is 12.1. The highest BCUT2D eigenvalue weighted by Gasteiger charge is 2.26. The molecule has 4 nitrogen and oxygen atoms in total. The Morgan fingerprint density at radius 1 is 1.20 bits per heavy atom. The molecule has 1 atom stereocenters. The molecule has 0 bridgehead atoms. The normalized spacial score (nSPS) is 16.0. The first kappa shape index (κ1) is 17.5. The standard InChI is InChI=1S/C20H21ClN2O2/c21-17-6-3-4-14(12-17)10-11-22-19(24)9-8-16-13-15-5-1-2-7-18(15)23-20(16)25/h1-7,12,16H,8-11,13H2,(H,22,24)(H,23,25). The van der Waals surface area contributed by atoms with Crippen LogP contribution in [0.1, 0.15) is 24.0 Å². The average Bonchev–Trinajstić information content (AvgIpc) is 2.60. The summed E-state index contributed by atoms with van der Waals surface area (Å²) in [4.78, 5) is 24.2. The summed E-state index contributed by atoms with van der Waals surface area (Å²) in [5.41, 5.74) is 3.11. The molecule has 0 saturated heterocycles. The lowest BCUT2D eigenvalue weighted by Crippen LogP contribution is -2.32. The van der Waals surface area contributed by atoms with E-state index in [2.05, 4.69) is 10.6 Å². The van der Waals surface area contributed by atoms with Crippen molar-refractivity contribution in [3.63, 3.8) is 0 Å². The molecule has 25 heavy (non-hydrogen) atoms. The number of benzene rings is 2. The molecule has 0 saturated carbocycles. The van der Waals surface area contributed by atoms with Crippen molar-refractivity contribution in [1.29, 1.82) is 0 Å². The van der Waals surface area contributed by atoms with Gasteiger partial charge in [0.1, 0.15) is 0 Å². The minimum Gasteiger partial charge on any atom is -0.356 e. The van der Waals surface area contributed by atoms with Crippen LogP contribution in [0.4, 0.5) is 5.69 Å². The second-order valence-electron chi connectivity index (χ2n) is 6.32. The van der Waals surface area contributed by atoms with Gasteiger partial charge in [-0.3, -0.25) is 9.59 Å². The maximum atomic E-state index is 12.1. The van der Waals surface area contributed by atoms with Gasteiger partial charge in [-0.05, 0) is 48.6 Å². The maximum absolute atomic E-state index is 12.1. The van der Waals surface area contributed by atoms with E-state index in [9.17, 15) is 9.59 Å². The molecule has 1 heterocycles. The van der Waals surface area contributed by atoms with Crippen molar-refractivity contribution in [2.75, 3.05) is 11.9 Å². The van der Waals surface area contributed by atoms with Crippen LogP contribution in [0.3, 0.4) is 0 Å². The molecule has 0 aromatic heterocycles. The first-order valence-electron chi connectivity index (χ1n) is 8.52. The van der Waals surface area contributed by atoms with Crippen molar-refractivity contribution < 1.29 is 9.59 Å². The second-order valence-corrected chi connectivity index (χ2v) is 6.75. The van der Waals surface area contributed by atoms with Gasteiger partial charge in [-0.15, -0.1) is 0 Å². The summed E-state index contributed by atoms with van der Waals surface area (Å²) in [6.07, 6.45) is 2.35. The number of para-hydroxylation sites is 1. The van der Waals surface area contributed by atoms with Gasteiger partial charge in [0.15, 0.2) is 0 Å². The summed E-state index contributed by atoms with van der Waals surface area (Å²) >= 11 is 5.95. The van der Waals surface area contributed by atoms with E-state index in [1.807, 2.05) is 48.5 Å². The summed E-state index contributed by atoms with van der Waals surface area (Å²) < 4.78 is 0. The fraction of sp³-hybridized carbons (Fsp3) is 0.300.